The van der Waals surface area contributed by atoms with E-state index in [2.05, 4.69) is 39.8 Å². The highest BCUT2D eigenvalue weighted by atomic mass is 15.2. The molecule has 18 heavy (non-hydrogen) atoms. The summed E-state index contributed by atoms with van der Waals surface area (Å²) in [4.78, 5) is 6.98. The molecule has 1 aromatic heterocycles. The van der Waals surface area contributed by atoms with Crippen LogP contribution < -0.4 is 5.32 Å². The van der Waals surface area contributed by atoms with Crippen molar-refractivity contribution >= 4 is 0 Å². The lowest BCUT2D eigenvalue weighted by atomic mass is 10.1. The van der Waals surface area contributed by atoms with Crippen molar-refractivity contribution in [3.8, 4) is 0 Å². The quantitative estimate of drug-likeness (QED) is 0.750. The van der Waals surface area contributed by atoms with Crippen LogP contribution in [0.5, 0.6) is 0 Å². The first-order chi connectivity index (χ1) is 8.81. The molecule has 4 nitrogen and oxygen atoms in total. The van der Waals surface area contributed by atoms with E-state index in [-0.39, 0.29) is 0 Å². The van der Waals surface area contributed by atoms with Gasteiger partial charge in [-0.3, -0.25) is 4.90 Å². The molecule has 102 valence electrons. The number of hydrogen-bond acceptors (Lipinski definition) is 3. The number of hydrogen-bond donors (Lipinski definition) is 1. The van der Waals surface area contributed by atoms with Crippen LogP contribution in [0.25, 0.3) is 0 Å². The Morgan fingerprint density at radius 3 is 3.11 bits per heavy atom. The molecule has 0 aromatic carbocycles. The fraction of sp³-hybridized carbons (Fsp3) is 0.786. The summed E-state index contributed by atoms with van der Waals surface area (Å²) in [6.45, 7) is 10.1. The van der Waals surface area contributed by atoms with Crippen LogP contribution in [0.4, 0.5) is 0 Å². The van der Waals surface area contributed by atoms with Gasteiger partial charge in [-0.1, -0.05) is 6.92 Å². The largest absolute Gasteiger partial charge is 0.333 e. The number of rotatable bonds is 7. The maximum atomic E-state index is 4.42. The molecule has 0 bridgehead atoms. The summed E-state index contributed by atoms with van der Waals surface area (Å²) in [5.74, 6) is 1.22. The molecule has 0 aliphatic carbocycles. The first-order valence-corrected chi connectivity index (χ1v) is 7.26. The van der Waals surface area contributed by atoms with Gasteiger partial charge in [0.15, 0.2) is 0 Å². The van der Waals surface area contributed by atoms with Crippen LogP contribution >= 0.6 is 0 Å². The molecule has 2 heterocycles. The minimum absolute atomic E-state index is 0.666. The Kier molecular flexibility index (Phi) is 5.20. The predicted molar refractivity (Wildman–Crippen MR) is 74.5 cm³/mol. The Bertz CT molecular complexity index is 347. The fourth-order valence-corrected chi connectivity index (χ4v) is 2.58. The summed E-state index contributed by atoms with van der Waals surface area (Å²) in [5, 5.41) is 3.47. The van der Waals surface area contributed by atoms with E-state index in [0.29, 0.717) is 6.04 Å². The van der Waals surface area contributed by atoms with Crippen LogP contribution in [-0.2, 0) is 13.1 Å². The zero-order valence-electron chi connectivity index (χ0n) is 11.7. The van der Waals surface area contributed by atoms with Crippen LogP contribution in [0.2, 0.25) is 0 Å². The van der Waals surface area contributed by atoms with Crippen molar-refractivity contribution in [3.63, 3.8) is 0 Å². The molecule has 1 unspecified atom stereocenters. The Morgan fingerprint density at radius 2 is 2.28 bits per heavy atom. The Balaban J connectivity index is 1.69. The zero-order valence-corrected chi connectivity index (χ0v) is 11.7. The maximum absolute atomic E-state index is 4.42. The van der Waals surface area contributed by atoms with E-state index >= 15 is 0 Å². The van der Waals surface area contributed by atoms with Gasteiger partial charge in [0.1, 0.15) is 5.82 Å². The Hall–Kier alpha value is -0.870. The lowest BCUT2D eigenvalue weighted by Gasteiger charge is -2.32. The van der Waals surface area contributed by atoms with E-state index in [1.165, 1.54) is 25.1 Å². The number of aromatic nitrogens is 2. The van der Waals surface area contributed by atoms with Crippen molar-refractivity contribution in [2.45, 2.75) is 52.2 Å². The van der Waals surface area contributed by atoms with Gasteiger partial charge in [-0.25, -0.2) is 4.98 Å². The van der Waals surface area contributed by atoms with Gasteiger partial charge in [0.25, 0.3) is 0 Å². The highest BCUT2D eigenvalue weighted by molar-refractivity contribution is 4.96. The van der Waals surface area contributed by atoms with E-state index < -0.39 is 0 Å². The lowest BCUT2D eigenvalue weighted by Crippen LogP contribution is -2.40. The summed E-state index contributed by atoms with van der Waals surface area (Å²) in [7, 11) is 0. The van der Waals surface area contributed by atoms with Crippen molar-refractivity contribution in [2.75, 3.05) is 19.6 Å². The van der Waals surface area contributed by atoms with Gasteiger partial charge in [0.05, 0.1) is 6.54 Å². The zero-order chi connectivity index (χ0) is 12.8. The first kappa shape index (κ1) is 13.6. The molecule has 0 spiro atoms. The van der Waals surface area contributed by atoms with Crippen LogP contribution in [0.15, 0.2) is 12.4 Å². The van der Waals surface area contributed by atoms with Gasteiger partial charge in [0.2, 0.25) is 0 Å². The molecule has 0 radical (unpaired) electrons. The monoisotopic (exact) mass is 250 g/mol. The molecular weight excluding hydrogens is 224 g/mol. The number of fused-ring (bicyclic) bond motifs is 1. The third kappa shape index (κ3) is 3.56. The minimum Gasteiger partial charge on any atom is -0.333 e. The van der Waals surface area contributed by atoms with Gasteiger partial charge in [-0.2, -0.15) is 0 Å². The second kappa shape index (κ2) is 6.90. The Labute approximate surface area is 110 Å². The van der Waals surface area contributed by atoms with Crippen molar-refractivity contribution in [1.29, 1.82) is 0 Å². The molecule has 0 saturated carbocycles. The van der Waals surface area contributed by atoms with Crippen molar-refractivity contribution in [1.82, 2.24) is 19.8 Å². The van der Waals surface area contributed by atoms with Crippen molar-refractivity contribution < 1.29 is 0 Å². The lowest BCUT2D eigenvalue weighted by molar-refractivity contribution is 0.154. The highest BCUT2D eigenvalue weighted by Crippen LogP contribution is 2.15. The molecule has 1 aromatic rings. The summed E-state index contributed by atoms with van der Waals surface area (Å²) in [6, 6.07) is 0.666. The summed E-state index contributed by atoms with van der Waals surface area (Å²) >= 11 is 0. The van der Waals surface area contributed by atoms with E-state index in [1.54, 1.807) is 0 Å². The molecule has 0 amide bonds. The fourth-order valence-electron chi connectivity index (χ4n) is 2.58. The predicted octanol–water partition coefficient (Wildman–Crippen LogP) is 1.87. The summed E-state index contributed by atoms with van der Waals surface area (Å²) in [6.07, 6.45) is 7.78. The first-order valence-electron chi connectivity index (χ1n) is 7.26. The van der Waals surface area contributed by atoms with E-state index in [0.717, 1.165) is 32.7 Å². The smallest absolute Gasteiger partial charge is 0.122 e. The van der Waals surface area contributed by atoms with E-state index in [1.807, 2.05) is 6.20 Å². The Morgan fingerprint density at radius 1 is 1.39 bits per heavy atom. The van der Waals surface area contributed by atoms with Gasteiger partial charge >= 0.3 is 0 Å². The minimum atomic E-state index is 0.666. The average Bonchev–Trinajstić information content (AvgIpc) is 2.85. The summed E-state index contributed by atoms with van der Waals surface area (Å²) < 4.78 is 2.27. The highest BCUT2D eigenvalue weighted by Gasteiger charge is 2.20. The third-order valence-corrected chi connectivity index (χ3v) is 3.80. The molecule has 0 fully saturated rings. The number of nitrogens with one attached hydrogen (secondary N) is 1. The standard InChI is InChI=1S/C14H26N4/c1-3-6-15-7-4-5-13(2)18-11-10-17-9-8-16-14(17)12-18/h8-9,13,15H,3-7,10-12H2,1-2H3. The number of imidazole rings is 1. The molecule has 1 aliphatic rings. The maximum Gasteiger partial charge on any atom is 0.122 e. The molecule has 1 atom stereocenters. The molecule has 4 heteroatoms. The molecule has 1 N–H and O–H groups in total. The van der Waals surface area contributed by atoms with E-state index in [4.69, 9.17) is 0 Å². The van der Waals surface area contributed by atoms with Crippen LogP contribution in [0.3, 0.4) is 0 Å². The van der Waals surface area contributed by atoms with Gasteiger partial charge < -0.3 is 9.88 Å². The summed E-state index contributed by atoms with van der Waals surface area (Å²) in [5.41, 5.74) is 0. The molecule has 0 saturated heterocycles. The van der Waals surface area contributed by atoms with Gasteiger partial charge in [-0.05, 0) is 39.3 Å². The molecule has 2 rings (SSSR count). The van der Waals surface area contributed by atoms with Crippen LogP contribution in [-0.4, -0.2) is 40.1 Å². The molecule has 1 aliphatic heterocycles. The second-order valence-corrected chi connectivity index (χ2v) is 5.25. The average molecular weight is 250 g/mol. The van der Waals surface area contributed by atoms with Crippen LogP contribution in [0, 0.1) is 0 Å². The SMILES string of the molecule is CCCNCCCC(C)N1CCn2ccnc2C1. The topological polar surface area (TPSA) is 33.1 Å². The van der Waals surface area contributed by atoms with Crippen molar-refractivity contribution in [2.24, 2.45) is 0 Å². The van der Waals surface area contributed by atoms with Crippen molar-refractivity contribution in [3.05, 3.63) is 18.2 Å². The third-order valence-electron chi connectivity index (χ3n) is 3.80. The normalized spacial score (nSPS) is 17.7. The van der Waals surface area contributed by atoms with Gasteiger partial charge in [-0.15, -0.1) is 0 Å². The number of nitrogens with zero attached hydrogens (tertiary/aromatic N) is 3. The van der Waals surface area contributed by atoms with E-state index in [9.17, 15) is 0 Å². The molecular formula is C14H26N4. The van der Waals surface area contributed by atoms with Crippen LogP contribution in [0.1, 0.15) is 38.9 Å². The van der Waals surface area contributed by atoms with Gasteiger partial charge in [0, 0.05) is 31.5 Å². The second-order valence-electron chi connectivity index (χ2n) is 5.25.